The maximum atomic E-state index is 15.4. The highest BCUT2D eigenvalue weighted by Gasteiger charge is 2.89. The zero-order valence-corrected chi connectivity index (χ0v) is 42.3. The van der Waals surface area contributed by atoms with Crippen molar-refractivity contribution in [1.29, 1.82) is 0 Å². The molecule has 5 aliphatic heterocycles. The second-order valence-corrected chi connectivity index (χ2v) is 22.0. The maximum absolute atomic E-state index is 15.4. The van der Waals surface area contributed by atoms with E-state index in [0.29, 0.717) is 49.5 Å². The summed E-state index contributed by atoms with van der Waals surface area (Å²) in [5.74, 6) is -5.00. The number of aryl methyl sites for hydroxylation is 1. The largest absolute Gasteiger partial charge is 0.618 e. The van der Waals surface area contributed by atoms with Crippen LogP contribution in [0, 0.1) is 24.0 Å². The van der Waals surface area contributed by atoms with Crippen LogP contribution in [0.4, 0.5) is 22.7 Å². The minimum Gasteiger partial charge on any atom is -0.618 e. The van der Waals surface area contributed by atoms with Crippen LogP contribution in [0.3, 0.4) is 0 Å². The van der Waals surface area contributed by atoms with Gasteiger partial charge in [0.05, 0.1) is 10.4 Å². The van der Waals surface area contributed by atoms with Crippen LogP contribution in [0.1, 0.15) is 64.4 Å². The van der Waals surface area contributed by atoms with Crippen LogP contribution in [0.5, 0.6) is 11.5 Å². The smallest absolute Gasteiger partial charge is 0.340 e. The quantitative estimate of drug-likeness (QED) is 0.0600. The number of anilines is 3. The monoisotopic (exact) mass is 1090 g/mol. The molecule has 0 radical (unpaired) electrons. The van der Waals surface area contributed by atoms with Crippen molar-refractivity contribution < 1.29 is 38.4 Å². The molecule has 0 bridgehead atoms. The Bertz CT molecular complexity index is 3240. The van der Waals surface area contributed by atoms with E-state index in [1.165, 1.54) is 11.3 Å². The maximum Gasteiger partial charge on any atom is 0.340 e. The first kappa shape index (κ1) is 44.7. The fourth-order valence-electron chi connectivity index (χ4n) is 11.2. The highest BCUT2D eigenvalue weighted by Crippen LogP contribution is 2.72. The minimum atomic E-state index is -2.27. The molecule has 0 saturated carbocycles. The number of ketones is 1. The number of benzene rings is 5. The number of nitrogens with zero attached hydrogens (tertiary/aromatic N) is 3. The number of halogens is 2. The van der Waals surface area contributed by atoms with E-state index < -0.39 is 63.5 Å². The summed E-state index contributed by atoms with van der Waals surface area (Å²) in [5, 5.41) is 34.5. The number of hydroxylamine groups is 2. The number of thiocarbonyl (C=S) groups is 1. The Kier molecular flexibility index (Phi) is 9.86. The van der Waals surface area contributed by atoms with E-state index in [-0.39, 0.29) is 27.8 Å². The van der Waals surface area contributed by atoms with Gasteiger partial charge in [-0.1, -0.05) is 24.3 Å². The molecule has 3 saturated heterocycles. The number of thiophene rings is 1. The number of hydrogen-bond acceptors (Lipinski definition) is 13. The summed E-state index contributed by atoms with van der Waals surface area (Å²) < 4.78 is 25.9. The van der Waals surface area contributed by atoms with Crippen LogP contribution in [0.2, 0.25) is 0 Å². The molecule has 6 aliphatic rings. The molecule has 1 aliphatic carbocycles. The average Bonchev–Trinajstić information content (AvgIpc) is 4.12. The first-order valence-electron chi connectivity index (χ1n) is 22.1. The lowest BCUT2D eigenvalue weighted by Gasteiger charge is -2.40. The molecule has 3 fully saturated rings. The number of fused-ring (bicyclic) bond motifs is 8. The van der Waals surface area contributed by atoms with Crippen molar-refractivity contribution in [3.05, 3.63) is 166 Å². The third-order valence-corrected chi connectivity index (χ3v) is 17.7. The summed E-state index contributed by atoms with van der Waals surface area (Å²) in [6.07, 6.45) is -2.49. The molecular formula is C51H41Br2N5O9S2. The summed E-state index contributed by atoms with van der Waals surface area (Å²) in [4.78, 5) is 48.2. The Balaban J connectivity index is 0.799. The molecule has 350 valence electrons. The average molecular weight is 1090 g/mol. The Morgan fingerprint density at radius 1 is 0.826 bits per heavy atom. The number of esters is 1. The molecule has 5 aromatic carbocycles. The van der Waals surface area contributed by atoms with E-state index in [1.807, 2.05) is 93.4 Å². The van der Waals surface area contributed by atoms with Crippen LogP contribution in [-0.4, -0.2) is 67.9 Å². The number of aliphatic hydroxyl groups is 1. The Morgan fingerprint density at radius 2 is 1.49 bits per heavy atom. The van der Waals surface area contributed by atoms with E-state index in [2.05, 4.69) is 42.5 Å². The van der Waals surface area contributed by atoms with Gasteiger partial charge >= 0.3 is 11.9 Å². The van der Waals surface area contributed by atoms with Crippen molar-refractivity contribution >= 4 is 101 Å². The van der Waals surface area contributed by atoms with Gasteiger partial charge in [0.2, 0.25) is 23.4 Å². The molecule has 2 spiro atoms. The van der Waals surface area contributed by atoms with Gasteiger partial charge in [-0.25, -0.2) is 14.2 Å². The molecule has 7 atom stereocenters. The lowest BCUT2D eigenvalue weighted by atomic mass is 9.77. The number of nitrogens with one attached hydrogen (secondary N) is 2. The van der Waals surface area contributed by atoms with Crippen LogP contribution >= 0.6 is 55.4 Å². The van der Waals surface area contributed by atoms with Gasteiger partial charge in [-0.3, -0.25) is 9.53 Å². The van der Waals surface area contributed by atoms with Gasteiger partial charge in [0, 0.05) is 112 Å². The minimum absolute atomic E-state index is 0.0854. The number of rotatable bonds is 7. The molecule has 6 heterocycles. The van der Waals surface area contributed by atoms with Crippen molar-refractivity contribution in [2.45, 2.75) is 42.8 Å². The zero-order valence-electron chi connectivity index (χ0n) is 37.5. The predicted octanol–water partition coefficient (Wildman–Crippen LogP) is 9.25. The lowest BCUT2D eigenvalue weighted by molar-refractivity contribution is -0.271. The van der Waals surface area contributed by atoms with E-state index in [4.69, 9.17) is 31.2 Å². The SMILES string of the molecule is Cc1cc2c(s1)C1(O)OC3[C@@H]4[C@@H](C(=O)[N+]3([O-])c3ccc(CNC(=S)Nc5ccc6c(c5)C(=O)OC65c6ccc(N(C)C)cc6Oc6cc(N(C)C)ccc65)cc3)[C@@H](c3ccc(Br)c(Br)c3)O[C@]41C2=O. The number of carbonyl (C=O) groups is 3. The summed E-state index contributed by atoms with van der Waals surface area (Å²) in [6, 6.07) is 30.8. The molecule has 3 N–H and O–H groups in total. The van der Waals surface area contributed by atoms with Gasteiger partial charge in [0.15, 0.2) is 10.7 Å². The van der Waals surface area contributed by atoms with E-state index >= 15 is 5.21 Å². The molecule has 1 amide bonds. The molecule has 18 heteroatoms. The standard InChI is InChI=1S/C51H41Br2N5O9S2/c1-24-18-32-43(59)50-41-40(42(65-50)26-8-17-36(52)37(53)19-26)45(60)58(63,46(41)66-51(50,62)44(32)69-24)30-12-6-25(7-13-30)23-54-48(68)55-27-9-14-33-31(20-27)47(61)67-49(33)34-15-10-28(56(2)3)21-38(34)64-39-22-29(57(4)5)11-16-35(39)49/h6-22,40-42,46,62H,23H2,1-5H3,(H2,54,55,68)/t40-,41+,42-,46?,50+,51?,58?/m1/s1. The number of quaternary nitrogens is 1. The normalized spacial score (nSPS) is 26.9. The summed E-state index contributed by atoms with van der Waals surface area (Å²) in [7, 11) is 7.82. The third kappa shape index (κ3) is 5.98. The second-order valence-electron chi connectivity index (χ2n) is 18.6. The van der Waals surface area contributed by atoms with E-state index in [1.54, 1.807) is 54.6 Å². The van der Waals surface area contributed by atoms with Crippen LogP contribution in [-0.2, 0) is 36.9 Å². The predicted molar refractivity (Wildman–Crippen MR) is 271 cm³/mol. The first-order chi connectivity index (χ1) is 32.9. The molecule has 3 unspecified atom stereocenters. The molecule has 12 rings (SSSR count). The summed E-state index contributed by atoms with van der Waals surface area (Å²) in [6.45, 7) is 2.06. The number of Topliss-reactive ketones (excluding diaryl/α,β-unsaturated/α-hetero) is 1. The summed E-state index contributed by atoms with van der Waals surface area (Å²) >= 11 is 14.0. The van der Waals surface area contributed by atoms with Gasteiger partial charge < -0.3 is 45.0 Å². The van der Waals surface area contributed by atoms with Gasteiger partial charge in [-0.05, 0) is 117 Å². The number of amides is 1. The number of carbonyl (C=O) groups excluding carboxylic acids is 3. The van der Waals surface area contributed by atoms with Crippen molar-refractivity contribution in [3.8, 4) is 11.5 Å². The Hall–Kier alpha value is -5.54. The van der Waals surface area contributed by atoms with E-state index in [0.717, 1.165) is 26.3 Å². The van der Waals surface area contributed by atoms with Crippen LogP contribution in [0.25, 0.3) is 0 Å². The van der Waals surface area contributed by atoms with Gasteiger partial charge in [-0.2, -0.15) is 0 Å². The molecule has 6 aromatic rings. The van der Waals surface area contributed by atoms with Gasteiger partial charge in [0.25, 0.3) is 0 Å². The van der Waals surface area contributed by atoms with E-state index in [9.17, 15) is 19.5 Å². The van der Waals surface area contributed by atoms with Gasteiger partial charge in [-0.15, -0.1) is 11.3 Å². The highest BCUT2D eigenvalue weighted by atomic mass is 79.9. The second kappa shape index (κ2) is 15.2. The molecular weight excluding hydrogens is 1050 g/mol. The lowest BCUT2D eigenvalue weighted by Crippen LogP contribution is -2.53. The van der Waals surface area contributed by atoms with Crippen molar-refractivity contribution in [1.82, 2.24) is 9.96 Å². The van der Waals surface area contributed by atoms with Crippen molar-refractivity contribution in [2.75, 3.05) is 43.3 Å². The number of hydrogen-bond donors (Lipinski definition) is 3. The first-order valence-corrected chi connectivity index (χ1v) is 24.9. The fraction of sp³-hybridized carbons (Fsp3) is 0.255. The highest BCUT2D eigenvalue weighted by molar-refractivity contribution is 9.13. The Labute approximate surface area is 422 Å². The molecule has 1 aromatic heterocycles. The van der Waals surface area contributed by atoms with Crippen LogP contribution < -0.4 is 29.8 Å². The van der Waals surface area contributed by atoms with Gasteiger partial charge in [0.1, 0.15) is 35.1 Å². The summed E-state index contributed by atoms with van der Waals surface area (Å²) in [5.41, 5.74) is 3.33. The fourth-order valence-corrected chi connectivity index (χ4v) is 13.2. The van der Waals surface area contributed by atoms with Crippen molar-refractivity contribution in [2.24, 2.45) is 11.8 Å². The Morgan fingerprint density at radius 3 is 2.14 bits per heavy atom. The third-order valence-electron chi connectivity index (χ3n) is 14.4. The van der Waals surface area contributed by atoms with Crippen molar-refractivity contribution in [3.63, 3.8) is 0 Å². The van der Waals surface area contributed by atoms with Crippen LogP contribution in [0.15, 0.2) is 112 Å². The number of ether oxygens (including phenoxy) is 4. The topological polar surface area (TPSA) is 162 Å². The molecule has 14 nitrogen and oxygen atoms in total. The molecule has 69 heavy (non-hydrogen) atoms. The zero-order chi connectivity index (χ0) is 48.3.